The number of fused-ring (bicyclic) bond motifs is 1. The summed E-state index contributed by atoms with van der Waals surface area (Å²) in [5.74, 6) is -0.570. The molecule has 0 spiro atoms. The Morgan fingerprint density at radius 3 is 2.35 bits per heavy atom. The van der Waals surface area contributed by atoms with Crippen molar-refractivity contribution in [2.45, 2.75) is 25.7 Å². The van der Waals surface area contributed by atoms with E-state index in [1.807, 2.05) is 13.0 Å². The molecule has 0 saturated carbocycles. The average Bonchev–Trinajstić information content (AvgIpc) is 2.72. The van der Waals surface area contributed by atoms with Crippen LogP contribution in [0.5, 0.6) is 0 Å². The zero-order chi connectivity index (χ0) is 22.3. The van der Waals surface area contributed by atoms with Crippen LogP contribution in [0, 0.1) is 26.6 Å². The van der Waals surface area contributed by atoms with Crippen LogP contribution in [0.1, 0.15) is 27.2 Å². The molecule has 1 aliphatic heterocycles. The summed E-state index contributed by atoms with van der Waals surface area (Å²) in [6, 6.07) is 11.3. The van der Waals surface area contributed by atoms with E-state index in [9.17, 15) is 17.6 Å². The van der Waals surface area contributed by atoms with Crippen LogP contribution in [-0.4, -0.2) is 54.7 Å². The number of nitrogens with zero attached hydrogens (tertiary/aromatic N) is 3. The highest BCUT2D eigenvalue weighted by Crippen LogP contribution is 2.24. The molecule has 3 aromatic rings. The number of hydrogen-bond donors (Lipinski definition) is 0. The number of aryl methyl sites for hydroxylation is 3. The topological polar surface area (TPSA) is 70.6 Å². The molecule has 2 aromatic carbocycles. The molecule has 6 nitrogen and oxygen atoms in total. The third-order valence-electron chi connectivity index (χ3n) is 5.67. The maximum absolute atomic E-state index is 13.4. The minimum atomic E-state index is -3.62. The number of aromatic nitrogens is 1. The molecular formula is C23H24FN3O3S. The maximum atomic E-state index is 13.4. The van der Waals surface area contributed by atoms with Crippen molar-refractivity contribution in [1.29, 1.82) is 0 Å². The van der Waals surface area contributed by atoms with Crippen LogP contribution in [0.3, 0.4) is 0 Å². The van der Waals surface area contributed by atoms with Crippen molar-refractivity contribution in [3.05, 3.63) is 70.7 Å². The lowest BCUT2D eigenvalue weighted by atomic mass is 10.1. The average molecular weight is 442 g/mol. The predicted molar refractivity (Wildman–Crippen MR) is 117 cm³/mol. The highest BCUT2D eigenvalue weighted by Gasteiger charge is 2.31. The van der Waals surface area contributed by atoms with E-state index in [1.165, 1.54) is 16.4 Å². The number of halogens is 1. The van der Waals surface area contributed by atoms with Gasteiger partial charge in [0.2, 0.25) is 10.0 Å². The van der Waals surface area contributed by atoms with Crippen molar-refractivity contribution in [2.24, 2.45) is 0 Å². The molecule has 0 atom stereocenters. The van der Waals surface area contributed by atoms with Gasteiger partial charge in [-0.1, -0.05) is 17.7 Å². The predicted octanol–water partition coefficient (Wildman–Crippen LogP) is 3.45. The van der Waals surface area contributed by atoms with Gasteiger partial charge in [0.15, 0.2) is 0 Å². The van der Waals surface area contributed by atoms with E-state index < -0.39 is 10.0 Å². The Morgan fingerprint density at radius 1 is 0.968 bits per heavy atom. The van der Waals surface area contributed by atoms with Gasteiger partial charge in [0.25, 0.3) is 5.91 Å². The van der Waals surface area contributed by atoms with Gasteiger partial charge in [0.05, 0.1) is 21.7 Å². The number of pyridine rings is 1. The lowest BCUT2D eigenvalue weighted by molar-refractivity contribution is 0.0697. The molecule has 0 radical (unpaired) electrons. The number of benzene rings is 2. The van der Waals surface area contributed by atoms with E-state index in [-0.39, 0.29) is 24.8 Å². The summed E-state index contributed by atoms with van der Waals surface area (Å²) < 4.78 is 41.0. The smallest absolute Gasteiger partial charge is 0.255 e. The lowest BCUT2D eigenvalue weighted by Gasteiger charge is -2.34. The maximum Gasteiger partial charge on any atom is 0.255 e. The molecule has 1 aromatic heterocycles. The molecule has 1 aliphatic rings. The summed E-state index contributed by atoms with van der Waals surface area (Å²) in [6.45, 7) is 6.49. The Hall–Kier alpha value is -2.84. The Bertz CT molecular complexity index is 1280. The van der Waals surface area contributed by atoms with Gasteiger partial charge in [0, 0.05) is 37.6 Å². The van der Waals surface area contributed by atoms with Crippen LogP contribution in [0.25, 0.3) is 10.9 Å². The molecule has 8 heteroatoms. The van der Waals surface area contributed by atoms with Crippen molar-refractivity contribution in [3.63, 3.8) is 0 Å². The fourth-order valence-corrected chi connectivity index (χ4v) is 5.61. The first-order valence-corrected chi connectivity index (χ1v) is 11.5. The van der Waals surface area contributed by atoms with Crippen molar-refractivity contribution < 1.29 is 17.6 Å². The molecular weight excluding hydrogens is 417 g/mol. The van der Waals surface area contributed by atoms with E-state index >= 15 is 0 Å². The van der Waals surface area contributed by atoms with Crippen LogP contribution in [0.2, 0.25) is 0 Å². The van der Waals surface area contributed by atoms with Crippen LogP contribution in [-0.2, 0) is 10.0 Å². The first kappa shape index (κ1) is 21.4. The van der Waals surface area contributed by atoms with Crippen molar-refractivity contribution >= 4 is 26.8 Å². The molecule has 1 saturated heterocycles. The summed E-state index contributed by atoms with van der Waals surface area (Å²) in [6.07, 6.45) is 0. The minimum absolute atomic E-state index is 0.195. The summed E-state index contributed by atoms with van der Waals surface area (Å²) in [4.78, 5) is 19.4. The van der Waals surface area contributed by atoms with Gasteiger partial charge >= 0.3 is 0 Å². The monoisotopic (exact) mass is 441 g/mol. The number of sulfonamides is 1. The van der Waals surface area contributed by atoms with Gasteiger partial charge in [-0.25, -0.2) is 12.8 Å². The minimum Gasteiger partial charge on any atom is -0.336 e. The third-order valence-corrected chi connectivity index (χ3v) is 7.73. The number of amides is 1. The van der Waals surface area contributed by atoms with Crippen molar-refractivity contribution in [3.8, 4) is 0 Å². The van der Waals surface area contributed by atoms with Crippen LogP contribution >= 0.6 is 0 Å². The van der Waals surface area contributed by atoms with E-state index in [1.54, 1.807) is 43.0 Å². The number of hydrogen-bond acceptors (Lipinski definition) is 4. The first-order valence-electron chi connectivity index (χ1n) is 10.1. The number of rotatable bonds is 3. The van der Waals surface area contributed by atoms with Crippen LogP contribution in [0.4, 0.5) is 4.39 Å². The Kier molecular flexibility index (Phi) is 5.53. The highest BCUT2D eigenvalue weighted by molar-refractivity contribution is 7.89. The van der Waals surface area contributed by atoms with Gasteiger partial charge in [-0.15, -0.1) is 0 Å². The second-order valence-electron chi connectivity index (χ2n) is 7.92. The lowest BCUT2D eigenvalue weighted by Crippen LogP contribution is -2.50. The van der Waals surface area contributed by atoms with Crippen LogP contribution < -0.4 is 0 Å². The Balaban J connectivity index is 1.52. The fraction of sp³-hybridized carbons (Fsp3) is 0.304. The second-order valence-corrected chi connectivity index (χ2v) is 9.83. The van der Waals surface area contributed by atoms with E-state index in [0.717, 1.165) is 5.56 Å². The highest BCUT2D eigenvalue weighted by atomic mass is 32.2. The summed E-state index contributed by atoms with van der Waals surface area (Å²) in [7, 11) is -3.62. The molecule has 31 heavy (non-hydrogen) atoms. The second kappa shape index (κ2) is 8.01. The summed E-state index contributed by atoms with van der Waals surface area (Å²) >= 11 is 0. The zero-order valence-corrected chi connectivity index (χ0v) is 18.5. The zero-order valence-electron chi connectivity index (χ0n) is 17.7. The third kappa shape index (κ3) is 4.05. The molecule has 0 bridgehead atoms. The van der Waals surface area contributed by atoms with Crippen molar-refractivity contribution in [1.82, 2.24) is 14.2 Å². The van der Waals surface area contributed by atoms with Gasteiger partial charge in [0.1, 0.15) is 5.82 Å². The molecule has 2 heterocycles. The number of piperazine rings is 1. The van der Waals surface area contributed by atoms with Crippen molar-refractivity contribution in [2.75, 3.05) is 26.2 Å². The van der Waals surface area contributed by atoms with Gasteiger partial charge < -0.3 is 4.90 Å². The summed E-state index contributed by atoms with van der Waals surface area (Å²) in [5.41, 5.74) is 3.19. The number of carbonyl (C=O) groups is 1. The molecule has 0 unspecified atom stereocenters. The quantitative estimate of drug-likeness (QED) is 0.624. The molecule has 1 fully saturated rings. The van der Waals surface area contributed by atoms with Gasteiger partial charge in [-0.2, -0.15) is 4.31 Å². The van der Waals surface area contributed by atoms with Gasteiger partial charge in [-0.05, 0) is 50.6 Å². The number of carbonyl (C=O) groups excluding carboxylic acids is 1. The first-order chi connectivity index (χ1) is 14.7. The molecule has 1 amide bonds. The Morgan fingerprint density at radius 2 is 1.68 bits per heavy atom. The molecule has 0 N–H and O–H groups in total. The summed E-state index contributed by atoms with van der Waals surface area (Å²) in [5, 5.41) is 0.686. The van der Waals surface area contributed by atoms with Crippen LogP contribution in [0.15, 0.2) is 47.4 Å². The SMILES string of the molecule is Cc1ccc(S(=O)(=O)N2CCN(C(=O)c3cc4ccc(F)cc4nc3C)CC2)c(C)c1. The fourth-order valence-electron chi connectivity index (χ4n) is 3.98. The molecule has 162 valence electrons. The Labute approximate surface area is 181 Å². The molecule has 4 rings (SSSR count). The normalized spacial score (nSPS) is 15.4. The van der Waals surface area contributed by atoms with E-state index in [2.05, 4.69) is 4.98 Å². The largest absolute Gasteiger partial charge is 0.336 e. The van der Waals surface area contributed by atoms with Gasteiger partial charge in [-0.3, -0.25) is 9.78 Å². The standard InChI is InChI=1S/C23H24FN3O3S/c1-15-4-7-22(16(2)12-15)31(29,30)27-10-8-26(9-11-27)23(28)20-13-18-5-6-19(24)14-21(18)25-17(20)3/h4-7,12-14H,8-11H2,1-3H3. The molecule has 0 aliphatic carbocycles. The van der Waals surface area contributed by atoms with E-state index in [4.69, 9.17) is 0 Å². The van der Waals surface area contributed by atoms with E-state index in [0.29, 0.717) is 45.7 Å².